The van der Waals surface area contributed by atoms with E-state index in [0.29, 0.717) is 47.9 Å². The second-order valence-corrected chi connectivity index (χ2v) is 9.50. The van der Waals surface area contributed by atoms with E-state index in [9.17, 15) is 18.3 Å². The highest BCUT2D eigenvalue weighted by Gasteiger charge is 2.23. The molecule has 180 valence electrons. The van der Waals surface area contributed by atoms with Crippen molar-refractivity contribution in [3.05, 3.63) is 40.2 Å². The van der Waals surface area contributed by atoms with Crippen molar-refractivity contribution < 1.29 is 18.3 Å². The second kappa shape index (κ2) is 10.4. The number of aliphatic hydroxyl groups excluding tert-OH is 1. The number of aliphatic hydroxyl groups is 1. The minimum atomic E-state index is -3.92. The van der Waals surface area contributed by atoms with Crippen molar-refractivity contribution in [3.63, 3.8) is 0 Å². The van der Waals surface area contributed by atoms with Crippen LogP contribution in [0.4, 0.5) is 0 Å². The van der Waals surface area contributed by atoms with E-state index in [-0.39, 0.29) is 17.3 Å². The molecular formula is C22H31N5O5S. The Kier molecular flexibility index (Phi) is 7.88. The molecule has 2 heterocycles. The first-order valence-corrected chi connectivity index (χ1v) is 12.6. The summed E-state index contributed by atoms with van der Waals surface area (Å²) >= 11 is 0. The summed E-state index contributed by atoms with van der Waals surface area (Å²) in [5.74, 6) is 1.12. The highest BCUT2D eigenvalue weighted by molar-refractivity contribution is 7.89. The van der Waals surface area contributed by atoms with Crippen LogP contribution in [0.25, 0.3) is 17.0 Å². The number of imidazole rings is 1. The van der Waals surface area contributed by atoms with Gasteiger partial charge in [0.15, 0.2) is 5.65 Å². The van der Waals surface area contributed by atoms with Gasteiger partial charge in [-0.1, -0.05) is 26.7 Å². The fourth-order valence-electron chi connectivity index (χ4n) is 3.72. The number of ether oxygens (including phenoxy) is 1. The fourth-order valence-corrected chi connectivity index (χ4v) is 5.01. The van der Waals surface area contributed by atoms with E-state index in [1.807, 2.05) is 20.8 Å². The Bertz CT molecular complexity index is 1280. The SMILES string of the molecule is CCCc1nc(C)n2c(=O)[nH]c(-c3cc(S(=O)(=O)NC(CO)CCC)ccc3OCC)nc12. The summed E-state index contributed by atoms with van der Waals surface area (Å²) in [6, 6.07) is 3.81. The number of fused-ring (bicyclic) bond motifs is 1. The number of rotatable bonds is 11. The summed E-state index contributed by atoms with van der Waals surface area (Å²) < 4.78 is 35.6. The first-order chi connectivity index (χ1) is 15.7. The molecule has 1 aromatic carbocycles. The largest absolute Gasteiger partial charge is 0.493 e. The van der Waals surface area contributed by atoms with Gasteiger partial charge in [0.25, 0.3) is 0 Å². The number of nitrogens with one attached hydrogen (secondary N) is 2. The van der Waals surface area contributed by atoms with E-state index in [0.717, 1.165) is 12.8 Å². The molecule has 1 atom stereocenters. The van der Waals surface area contributed by atoms with Gasteiger partial charge < -0.3 is 9.84 Å². The molecule has 0 saturated heterocycles. The molecule has 0 spiro atoms. The number of hydrogen-bond acceptors (Lipinski definition) is 7. The number of aromatic nitrogens is 4. The number of aryl methyl sites for hydroxylation is 2. The van der Waals surface area contributed by atoms with E-state index in [1.165, 1.54) is 16.5 Å². The number of hydrogen-bond donors (Lipinski definition) is 3. The van der Waals surface area contributed by atoms with Crippen LogP contribution in [-0.2, 0) is 16.4 Å². The van der Waals surface area contributed by atoms with Crippen molar-refractivity contribution in [3.8, 4) is 17.1 Å². The molecule has 3 N–H and O–H groups in total. The summed E-state index contributed by atoms with van der Waals surface area (Å²) in [4.78, 5) is 24.7. The smallest absolute Gasteiger partial charge is 0.334 e. The van der Waals surface area contributed by atoms with Crippen molar-refractivity contribution in [2.75, 3.05) is 13.2 Å². The zero-order valence-corrected chi connectivity index (χ0v) is 20.2. The standard InChI is InChI=1S/C22H31N5O5S/c1-5-8-15(13-28)26-33(30,31)16-10-11-19(32-7-3)17(12-16)20-24-21-18(9-6-2)23-14(4)27(21)22(29)25-20/h10-12,15,26,28H,5-9,13H2,1-4H3,(H,24,25,29). The Balaban J connectivity index is 2.16. The van der Waals surface area contributed by atoms with Crippen LogP contribution >= 0.6 is 0 Å². The van der Waals surface area contributed by atoms with Gasteiger partial charge in [0, 0.05) is 6.04 Å². The zero-order valence-electron chi connectivity index (χ0n) is 19.4. The summed E-state index contributed by atoms with van der Waals surface area (Å²) in [6.07, 6.45) is 2.72. The van der Waals surface area contributed by atoms with Crippen LogP contribution in [0.3, 0.4) is 0 Å². The monoisotopic (exact) mass is 477 g/mol. The molecule has 0 radical (unpaired) electrons. The average molecular weight is 478 g/mol. The van der Waals surface area contributed by atoms with E-state index >= 15 is 0 Å². The molecule has 0 fully saturated rings. The van der Waals surface area contributed by atoms with E-state index < -0.39 is 21.8 Å². The lowest BCUT2D eigenvalue weighted by molar-refractivity contribution is 0.250. The number of sulfonamides is 1. The lowest BCUT2D eigenvalue weighted by atomic mass is 10.2. The van der Waals surface area contributed by atoms with Crippen molar-refractivity contribution in [2.24, 2.45) is 0 Å². The number of H-pyrrole nitrogens is 1. The third-order valence-corrected chi connectivity index (χ3v) is 6.74. The number of aromatic amines is 1. The highest BCUT2D eigenvalue weighted by Crippen LogP contribution is 2.31. The maximum atomic E-state index is 13.0. The fraction of sp³-hybridized carbons (Fsp3) is 0.500. The zero-order chi connectivity index (χ0) is 24.2. The predicted molar refractivity (Wildman–Crippen MR) is 125 cm³/mol. The van der Waals surface area contributed by atoms with E-state index in [2.05, 4.69) is 19.7 Å². The van der Waals surface area contributed by atoms with Crippen LogP contribution in [0.15, 0.2) is 27.9 Å². The molecule has 0 aliphatic heterocycles. The lowest BCUT2D eigenvalue weighted by Crippen LogP contribution is -2.37. The van der Waals surface area contributed by atoms with Gasteiger partial charge in [-0.2, -0.15) is 0 Å². The molecule has 3 rings (SSSR count). The van der Waals surface area contributed by atoms with E-state index in [4.69, 9.17) is 4.74 Å². The number of nitrogens with zero attached hydrogens (tertiary/aromatic N) is 3. The van der Waals surface area contributed by atoms with Gasteiger partial charge in [-0.05, 0) is 44.9 Å². The average Bonchev–Trinajstić information content (AvgIpc) is 3.09. The van der Waals surface area contributed by atoms with Gasteiger partial charge in [0.1, 0.15) is 17.4 Å². The molecule has 10 nitrogen and oxygen atoms in total. The third kappa shape index (κ3) is 5.26. The summed E-state index contributed by atoms with van der Waals surface area (Å²) in [5.41, 5.74) is 1.07. The van der Waals surface area contributed by atoms with Crippen molar-refractivity contribution >= 4 is 15.7 Å². The first kappa shape index (κ1) is 24.9. The minimum Gasteiger partial charge on any atom is -0.493 e. The van der Waals surface area contributed by atoms with Gasteiger partial charge in [0.05, 0.1) is 29.4 Å². The second-order valence-electron chi connectivity index (χ2n) is 7.79. The minimum absolute atomic E-state index is 0.0171. The summed E-state index contributed by atoms with van der Waals surface area (Å²) in [5, 5.41) is 9.51. The van der Waals surface area contributed by atoms with Gasteiger partial charge in [-0.3, -0.25) is 4.98 Å². The molecule has 0 amide bonds. The Hall–Kier alpha value is -2.76. The molecule has 1 unspecified atom stereocenters. The third-order valence-electron chi connectivity index (χ3n) is 5.22. The molecule has 0 aliphatic carbocycles. The Morgan fingerprint density at radius 3 is 2.61 bits per heavy atom. The highest BCUT2D eigenvalue weighted by atomic mass is 32.2. The van der Waals surface area contributed by atoms with Crippen molar-refractivity contribution in [2.45, 2.75) is 64.3 Å². The molecule has 11 heteroatoms. The van der Waals surface area contributed by atoms with Gasteiger partial charge >= 0.3 is 5.69 Å². The van der Waals surface area contributed by atoms with Gasteiger partial charge in [0.2, 0.25) is 10.0 Å². The van der Waals surface area contributed by atoms with Gasteiger partial charge in [-0.25, -0.2) is 32.3 Å². The Labute approximate surface area is 193 Å². The van der Waals surface area contributed by atoms with Crippen molar-refractivity contribution in [1.29, 1.82) is 0 Å². The Morgan fingerprint density at radius 1 is 1.21 bits per heavy atom. The molecule has 0 aliphatic rings. The predicted octanol–water partition coefficient (Wildman–Crippen LogP) is 2.18. The Morgan fingerprint density at radius 2 is 1.97 bits per heavy atom. The maximum Gasteiger partial charge on any atom is 0.334 e. The first-order valence-electron chi connectivity index (χ1n) is 11.1. The maximum absolute atomic E-state index is 13.0. The molecular weight excluding hydrogens is 446 g/mol. The number of benzene rings is 1. The normalized spacial score (nSPS) is 12.9. The molecule has 0 saturated carbocycles. The van der Waals surface area contributed by atoms with Crippen LogP contribution in [0, 0.1) is 6.92 Å². The van der Waals surface area contributed by atoms with Crippen LogP contribution in [0.2, 0.25) is 0 Å². The lowest BCUT2D eigenvalue weighted by Gasteiger charge is -2.17. The summed E-state index contributed by atoms with van der Waals surface area (Å²) in [6.45, 7) is 7.52. The van der Waals surface area contributed by atoms with Gasteiger partial charge in [-0.15, -0.1) is 0 Å². The van der Waals surface area contributed by atoms with Crippen LogP contribution in [0.1, 0.15) is 51.6 Å². The molecule has 2 aromatic heterocycles. The topological polar surface area (TPSA) is 139 Å². The van der Waals surface area contributed by atoms with Crippen molar-refractivity contribution in [1.82, 2.24) is 24.1 Å². The molecule has 33 heavy (non-hydrogen) atoms. The van der Waals surface area contributed by atoms with E-state index in [1.54, 1.807) is 13.0 Å². The quantitative estimate of drug-likeness (QED) is 0.385. The molecule has 3 aromatic rings. The van der Waals surface area contributed by atoms with Crippen LogP contribution in [0.5, 0.6) is 5.75 Å². The van der Waals surface area contributed by atoms with Crippen LogP contribution < -0.4 is 15.1 Å². The van der Waals surface area contributed by atoms with Crippen LogP contribution in [-0.4, -0.2) is 52.1 Å². The summed E-state index contributed by atoms with van der Waals surface area (Å²) in [7, 11) is -3.92. The molecule has 0 bridgehead atoms.